The second kappa shape index (κ2) is 5.39. The summed E-state index contributed by atoms with van der Waals surface area (Å²) < 4.78 is 0. The van der Waals surface area contributed by atoms with E-state index < -0.39 is 0 Å². The smallest absolute Gasteiger partial charge is 0.272 e. The zero-order valence-corrected chi connectivity index (χ0v) is 12.9. The normalized spacial score (nSPS) is 30.3. The average molecular weight is 289 g/mol. The SMILES string of the molecule is Cc1ccc(C(C)N2CC3CNCC3C2C)cc1[N+](=O)[O-]. The third kappa shape index (κ3) is 2.45. The van der Waals surface area contributed by atoms with Gasteiger partial charge in [0.15, 0.2) is 0 Å². The number of nitro benzene ring substituents is 1. The number of nitrogens with one attached hydrogen (secondary N) is 1. The maximum Gasteiger partial charge on any atom is 0.272 e. The summed E-state index contributed by atoms with van der Waals surface area (Å²) in [7, 11) is 0. The van der Waals surface area contributed by atoms with Gasteiger partial charge in [-0.2, -0.15) is 0 Å². The van der Waals surface area contributed by atoms with E-state index in [1.807, 2.05) is 12.1 Å². The van der Waals surface area contributed by atoms with Crippen molar-refractivity contribution in [1.29, 1.82) is 0 Å². The molecule has 2 fully saturated rings. The first kappa shape index (κ1) is 14.5. The van der Waals surface area contributed by atoms with E-state index in [1.54, 1.807) is 13.0 Å². The number of hydrogen-bond acceptors (Lipinski definition) is 4. The number of rotatable bonds is 3. The van der Waals surface area contributed by atoms with Crippen LogP contribution >= 0.6 is 0 Å². The molecule has 1 N–H and O–H groups in total. The molecule has 0 saturated carbocycles. The summed E-state index contributed by atoms with van der Waals surface area (Å²) in [4.78, 5) is 13.3. The molecular formula is C16H23N3O2. The van der Waals surface area contributed by atoms with Crippen molar-refractivity contribution in [3.8, 4) is 0 Å². The Kier molecular flexibility index (Phi) is 3.71. The number of nitrogens with zero attached hydrogens (tertiary/aromatic N) is 2. The van der Waals surface area contributed by atoms with Crippen LogP contribution in [0.1, 0.15) is 31.0 Å². The Hall–Kier alpha value is -1.46. The van der Waals surface area contributed by atoms with Gasteiger partial charge in [-0.05, 0) is 51.3 Å². The number of likely N-dealkylation sites (tertiary alicyclic amines) is 1. The van der Waals surface area contributed by atoms with Crippen molar-refractivity contribution in [3.63, 3.8) is 0 Å². The van der Waals surface area contributed by atoms with E-state index >= 15 is 0 Å². The summed E-state index contributed by atoms with van der Waals surface area (Å²) in [6.07, 6.45) is 0. The van der Waals surface area contributed by atoms with Gasteiger partial charge in [-0.25, -0.2) is 0 Å². The van der Waals surface area contributed by atoms with Crippen molar-refractivity contribution in [2.75, 3.05) is 19.6 Å². The summed E-state index contributed by atoms with van der Waals surface area (Å²) in [5.74, 6) is 1.44. The van der Waals surface area contributed by atoms with Gasteiger partial charge < -0.3 is 5.32 Å². The third-order valence-electron chi connectivity index (χ3n) is 5.39. The molecule has 0 aromatic heterocycles. The van der Waals surface area contributed by atoms with Crippen molar-refractivity contribution in [2.24, 2.45) is 11.8 Å². The van der Waals surface area contributed by atoms with Crippen molar-refractivity contribution < 1.29 is 4.92 Å². The molecule has 2 aliphatic rings. The van der Waals surface area contributed by atoms with Gasteiger partial charge >= 0.3 is 0 Å². The van der Waals surface area contributed by atoms with Crippen LogP contribution in [-0.2, 0) is 0 Å². The number of nitro groups is 1. The van der Waals surface area contributed by atoms with Crippen LogP contribution in [-0.4, -0.2) is 35.5 Å². The van der Waals surface area contributed by atoms with E-state index in [0.29, 0.717) is 12.0 Å². The van der Waals surface area contributed by atoms with E-state index in [-0.39, 0.29) is 16.7 Å². The number of aryl methyl sites for hydroxylation is 1. The molecule has 2 heterocycles. The zero-order chi connectivity index (χ0) is 15.1. The first-order valence-corrected chi connectivity index (χ1v) is 7.70. The minimum absolute atomic E-state index is 0.227. The number of hydrogen-bond donors (Lipinski definition) is 1. The Morgan fingerprint density at radius 2 is 2.19 bits per heavy atom. The lowest BCUT2D eigenvalue weighted by molar-refractivity contribution is -0.385. The second-order valence-electron chi connectivity index (χ2n) is 6.50. The molecule has 2 aliphatic heterocycles. The highest BCUT2D eigenvalue weighted by Crippen LogP contribution is 2.38. The molecule has 114 valence electrons. The van der Waals surface area contributed by atoms with Gasteiger partial charge in [-0.3, -0.25) is 15.0 Å². The predicted octanol–water partition coefficient (Wildman–Crippen LogP) is 2.50. The molecule has 1 aromatic rings. The standard InChI is InChI=1S/C16H23N3O2/c1-10-4-5-13(6-16(10)19(20)21)11(2)18-9-14-7-17-8-15(14)12(18)3/h4-6,11-12,14-15,17H,7-9H2,1-3H3. The highest BCUT2D eigenvalue weighted by atomic mass is 16.6. The zero-order valence-electron chi connectivity index (χ0n) is 12.9. The molecular weight excluding hydrogens is 266 g/mol. The Labute approximate surface area is 125 Å². The van der Waals surface area contributed by atoms with Gasteiger partial charge in [0.05, 0.1) is 4.92 Å². The largest absolute Gasteiger partial charge is 0.316 e. The van der Waals surface area contributed by atoms with E-state index in [0.717, 1.165) is 36.7 Å². The highest BCUT2D eigenvalue weighted by molar-refractivity contribution is 5.43. The summed E-state index contributed by atoms with van der Waals surface area (Å²) >= 11 is 0. The monoisotopic (exact) mass is 289 g/mol. The molecule has 0 radical (unpaired) electrons. The lowest BCUT2D eigenvalue weighted by Crippen LogP contribution is -2.35. The van der Waals surface area contributed by atoms with Crippen molar-refractivity contribution >= 4 is 5.69 Å². The molecule has 4 unspecified atom stereocenters. The first-order valence-electron chi connectivity index (χ1n) is 7.70. The maximum atomic E-state index is 11.1. The molecule has 0 spiro atoms. The Balaban J connectivity index is 1.84. The second-order valence-corrected chi connectivity index (χ2v) is 6.50. The maximum absolute atomic E-state index is 11.1. The fraction of sp³-hybridized carbons (Fsp3) is 0.625. The minimum Gasteiger partial charge on any atom is -0.316 e. The van der Waals surface area contributed by atoms with Gasteiger partial charge in [0.2, 0.25) is 0 Å². The fourth-order valence-corrected chi connectivity index (χ4v) is 3.99. The Morgan fingerprint density at radius 1 is 1.43 bits per heavy atom. The first-order chi connectivity index (χ1) is 9.99. The summed E-state index contributed by atoms with van der Waals surface area (Å²) in [6.45, 7) is 9.54. The molecule has 5 nitrogen and oxygen atoms in total. The minimum atomic E-state index is -0.280. The molecule has 1 aromatic carbocycles. The van der Waals surface area contributed by atoms with Gasteiger partial charge in [-0.15, -0.1) is 0 Å². The average Bonchev–Trinajstić information content (AvgIpc) is 3.02. The third-order valence-corrected chi connectivity index (χ3v) is 5.39. The Bertz CT molecular complexity index is 560. The van der Waals surface area contributed by atoms with Crippen molar-refractivity contribution in [2.45, 2.75) is 32.9 Å². The molecule has 4 atom stereocenters. The van der Waals surface area contributed by atoms with Crippen LogP contribution in [0.25, 0.3) is 0 Å². The molecule has 0 amide bonds. The topological polar surface area (TPSA) is 58.4 Å². The molecule has 2 saturated heterocycles. The predicted molar refractivity (Wildman–Crippen MR) is 82.3 cm³/mol. The van der Waals surface area contributed by atoms with Crippen LogP contribution in [0.2, 0.25) is 0 Å². The van der Waals surface area contributed by atoms with Crippen LogP contribution < -0.4 is 5.32 Å². The van der Waals surface area contributed by atoms with Crippen LogP contribution in [0, 0.1) is 28.9 Å². The molecule has 0 bridgehead atoms. The van der Waals surface area contributed by atoms with Crippen LogP contribution in [0.3, 0.4) is 0 Å². The summed E-state index contributed by atoms with van der Waals surface area (Å²) in [5.41, 5.74) is 2.01. The fourth-order valence-electron chi connectivity index (χ4n) is 3.99. The van der Waals surface area contributed by atoms with Crippen LogP contribution in [0.15, 0.2) is 18.2 Å². The number of benzene rings is 1. The quantitative estimate of drug-likeness (QED) is 0.686. The van der Waals surface area contributed by atoms with Crippen molar-refractivity contribution in [3.05, 3.63) is 39.4 Å². The van der Waals surface area contributed by atoms with Gasteiger partial charge in [0.25, 0.3) is 5.69 Å². The molecule has 5 heteroatoms. The van der Waals surface area contributed by atoms with E-state index in [2.05, 4.69) is 24.1 Å². The number of fused-ring (bicyclic) bond motifs is 1. The Morgan fingerprint density at radius 3 is 2.86 bits per heavy atom. The lowest BCUT2D eigenvalue weighted by atomic mass is 9.95. The van der Waals surface area contributed by atoms with E-state index in [4.69, 9.17) is 0 Å². The van der Waals surface area contributed by atoms with Gasteiger partial charge in [-0.1, -0.05) is 12.1 Å². The van der Waals surface area contributed by atoms with Crippen LogP contribution in [0.4, 0.5) is 5.69 Å². The molecule has 21 heavy (non-hydrogen) atoms. The van der Waals surface area contributed by atoms with Gasteiger partial charge in [0.1, 0.15) is 0 Å². The van der Waals surface area contributed by atoms with Crippen molar-refractivity contribution in [1.82, 2.24) is 10.2 Å². The van der Waals surface area contributed by atoms with Gasteiger partial charge in [0, 0.05) is 30.3 Å². The summed E-state index contributed by atoms with van der Waals surface area (Å²) in [6, 6.07) is 6.41. The van der Waals surface area contributed by atoms with E-state index in [1.165, 1.54) is 0 Å². The lowest BCUT2D eigenvalue weighted by Gasteiger charge is -2.31. The molecule has 3 rings (SSSR count). The molecule has 0 aliphatic carbocycles. The summed E-state index contributed by atoms with van der Waals surface area (Å²) in [5, 5.41) is 14.6. The highest BCUT2D eigenvalue weighted by Gasteiger charge is 2.43. The van der Waals surface area contributed by atoms with E-state index in [9.17, 15) is 10.1 Å². The van der Waals surface area contributed by atoms with Crippen LogP contribution in [0.5, 0.6) is 0 Å².